The summed E-state index contributed by atoms with van der Waals surface area (Å²) in [6.45, 7) is 1.61. The maximum atomic E-state index is 14.6. The highest BCUT2D eigenvalue weighted by Gasteiger charge is 2.48. The van der Waals surface area contributed by atoms with Crippen molar-refractivity contribution in [1.29, 1.82) is 0 Å². The Balaban J connectivity index is 1.32. The summed E-state index contributed by atoms with van der Waals surface area (Å²) in [6.07, 6.45) is 4.36. The molecule has 2 aliphatic rings. The van der Waals surface area contributed by atoms with Crippen molar-refractivity contribution in [3.8, 4) is 5.75 Å². The number of aromatic nitrogens is 2. The molecule has 0 radical (unpaired) electrons. The maximum absolute atomic E-state index is 14.6. The predicted molar refractivity (Wildman–Crippen MR) is 137 cm³/mol. The van der Waals surface area contributed by atoms with E-state index in [1.165, 1.54) is 0 Å². The van der Waals surface area contributed by atoms with Crippen molar-refractivity contribution in [2.75, 3.05) is 48.3 Å². The second-order valence-electron chi connectivity index (χ2n) is 8.99. The Morgan fingerprint density at radius 1 is 1.14 bits per heavy atom. The molecule has 0 unspecified atom stereocenters. The van der Waals surface area contributed by atoms with Crippen LogP contribution in [0.4, 0.5) is 33.2 Å². The Bertz CT molecular complexity index is 1250. The van der Waals surface area contributed by atoms with Gasteiger partial charge in [0.05, 0.1) is 12.8 Å². The van der Waals surface area contributed by atoms with Crippen molar-refractivity contribution in [3.63, 3.8) is 0 Å². The fourth-order valence-corrected chi connectivity index (χ4v) is 4.88. The summed E-state index contributed by atoms with van der Waals surface area (Å²) in [5, 5.41) is 6.11. The molecular weight excluding hydrogens is 485 g/mol. The highest BCUT2D eigenvalue weighted by atomic mass is 35.5. The third-order valence-corrected chi connectivity index (χ3v) is 6.95. The van der Waals surface area contributed by atoms with Gasteiger partial charge in [-0.15, -0.1) is 11.6 Å². The smallest absolute Gasteiger partial charge is 0.241 e. The highest BCUT2D eigenvalue weighted by molar-refractivity contribution is 6.29. The van der Waals surface area contributed by atoms with Gasteiger partial charge in [0.15, 0.2) is 11.6 Å². The van der Waals surface area contributed by atoms with Gasteiger partial charge in [-0.1, -0.05) is 12.5 Å². The normalized spacial score (nSPS) is 15.4. The van der Waals surface area contributed by atoms with E-state index in [0.29, 0.717) is 31.2 Å². The molecule has 3 aromatic rings. The first-order valence-corrected chi connectivity index (χ1v) is 12.3. The molecule has 1 aromatic heterocycles. The van der Waals surface area contributed by atoms with Gasteiger partial charge < -0.3 is 25.0 Å². The van der Waals surface area contributed by atoms with E-state index in [-0.39, 0.29) is 29.0 Å². The van der Waals surface area contributed by atoms with Gasteiger partial charge >= 0.3 is 0 Å². The van der Waals surface area contributed by atoms with E-state index in [1.807, 2.05) is 42.5 Å². The fourth-order valence-electron chi connectivity index (χ4n) is 4.74. The number of methoxy groups -OCH3 is 1. The summed E-state index contributed by atoms with van der Waals surface area (Å²) in [5.74, 6) is 0.171. The molecule has 2 N–H and O–H groups in total. The van der Waals surface area contributed by atoms with Gasteiger partial charge in [0.1, 0.15) is 18.2 Å². The lowest BCUT2D eigenvalue weighted by Gasteiger charge is -2.38. The number of alkyl halides is 1. The summed E-state index contributed by atoms with van der Waals surface area (Å²) < 4.78 is 25.1. The lowest BCUT2D eigenvalue weighted by Crippen LogP contribution is -2.41. The second-order valence-corrected chi connectivity index (χ2v) is 9.25. The first-order valence-electron chi connectivity index (χ1n) is 11.8. The molecule has 1 saturated carbocycles. The molecule has 1 amide bonds. The molecule has 8 nitrogen and oxygen atoms in total. The zero-order valence-electron chi connectivity index (χ0n) is 19.9. The Kier molecular flexibility index (Phi) is 6.93. The number of carbonyl (C=O) groups is 1. The molecule has 1 spiro atoms. The Labute approximate surface area is 213 Å². The van der Waals surface area contributed by atoms with Gasteiger partial charge in [-0.25, -0.2) is 9.37 Å². The summed E-state index contributed by atoms with van der Waals surface area (Å²) in [4.78, 5) is 22.6. The van der Waals surface area contributed by atoms with Crippen molar-refractivity contribution < 1.29 is 18.7 Å². The third-order valence-electron chi connectivity index (χ3n) is 6.72. The van der Waals surface area contributed by atoms with Crippen LogP contribution in [0.1, 0.15) is 24.8 Å². The number of ether oxygens (including phenoxy) is 2. The molecule has 1 aliphatic heterocycles. The standard InChI is InChI=1S/C26H27ClFN5O3/c1-35-11-12-36-19-6-3-17(4-7-19)31-25-29-15-21(28)24(32-25)30-18-5-8-20-22(13-18)33(23(34)14-27)16-26(20)9-2-10-26/h3-8,13,15H,2,9-12,14,16H2,1H3,(H2,29,30,31,32). The van der Waals surface area contributed by atoms with Crippen LogP contribution in [0, 0.1) is 5.82 Å². The minimum atomic E-state index is -0.591. The Hall–Kier alpha value is -3.43. The number of nitrogens with one attached hydrogen (secondary N) is 2. The number of rotatable bonds is 9. The monoisotopic (exact) mass is 511 g/mol. The zero-order valence-corrected chi connectivity index (χ0v) is 20.6. The molecule has 2 heterocycles. The summed E-state index contributed by atoms with van der Waals surface area (Å²) in [6, 6.07) is 13.0. The minimum Gasteiger partial charge on any atom is -0.491 e. The van der Waals surface area contributed by atoms with Crippen LogP contribution in [0.3, 0.4) is 0 Å². The van der Waals surface area contributed by atoms with Crippen LogP contribution in [-0.2, 0) is 14.9 Å². The summed E-state index contributed by atoms with van der Waals surface area (Å²) >= 11 is 5.87. The number of carbonyl (C=O) groups excluding carboxylic acids is 1. The number of nitrogens with zero attached hydrogens (tertiary/aromatic N) is 3. The quantitative estimate of drug-likeness (QED) is 0.304. The van der Waals surface area contributed by atoms with Crippen LogP contribution in [0.15, 0.2) is 48.7 Å². The van der Waals surface area contributed by atoms with Crippen LogP contribution < -0.4 is 20.3 Å². The fraction of sp³-hybridized carbons (Fsp3) is 0.346. The van der Waals surface area contributed by atoms with Crippen LogP contribution in [0.2, 0.25) is 0 Å². The van der Waals surface area contributed by atoms with Crippen LogP contribution in [-0.4, -0.2) is 48.6 Å². The Morgan fingerprint density at radius 3 is 2.61 bits per heavy atom. The van der Waals surface area contributed by atoms with E-state index in [9.17, 15) is 9.18 Å². The lowest BCUT2D eigenvalue weighted by atomic mass is 9.66. The number of hydrogen-bond acceptors (Lipinski definition) is 7. The second kappa shape index (κ2) is 10.3. The van der Waals surface area contributed by atoms with Crippen molar-refractivity contribution in [3.05, 3.63) is 60.0 Å². The summed E-state index contributed by atoms with van der Waals surface area (Å²) in [7, 11) is 1.62. The van der Waals surface area contributed by atoms with E-state index in [4.69, 9.17) is 21.1 Å². The molecule has 0 bridgehead atoms. The number of benzene rings is 2. The third kappa shape index (κ3) is 4.81. The topological polar surface area (TPSA) is 88.6 Å². The van der Waals surface area contributed by atoms with Gasteiger partial charge in [-0.05, 0) is 54.8 Å². The molecule has 1 aliphatic carbocycles. The van der Waals surface area contributed by atoms with Gasteiger partial charge in [-0.2, -0.15) is 4.98 Å². The van der Waals surface area contributed by atoms with Crippen molar-refractivity contribution in [2.24, 2.45) is 0 Å². The molecule has 36 heavy (non-hydrogen) atoms. The van der Waals surface area contributed by atoms with Crippen LogP contribution in [0.25, 0.3) is 0 Å². The lowest BCUT2D eigenvalue weighted by molar-refractivity contribution is -0.116. The average Bonchev–Trinajstić information content (AvgIpc) is 3.22. The van der Waals surface area contributed by atoms with E-state index in [2.05, 4.69) is 20.6 Å². The number of amides is 1. The number of fused-ring (bicyclic) bond motifs is 2. The van der Waals surface area contributed by atoms with Gasteiger partial charge in [0.2, 0.25) is 11.9 Å². The van der Waals surface area contributed by atoms with Crippen molar-refractivity contribution in [1.82, 2.24) is 9.97 Å². The zero-order chi connectivity index (χ0) is 25.1. The number of halogens is 2. The van der Waals surface area contributed by atoms with Gasteiger partial charge in [-0.3, -0.25) is 4.79 Å². The number of hydrogen-bond donors (Lipinski definition) is 2. The predicted octanol–water partition coefficient (Wildman–Crippen LogP) is 5.14. The average molecular weight is 512 g/mol. The van der Waals surface area contributed by atoms with E-state index >= 15 is 0 Å². The number of anilines is 5. The highest BCUT2D eigenvalue weighted by Crippen LogP contribution is 2.53. The van der Waals surface area contributed by atoms with Gasteiger partial charge in [0.25, 0.3) is 0 Å². The first-order chi connectivity index (χ1) is 17.5. The molecule has 2 aromatic carbocycles. The molecule has 5 rings (SSSR count). The van der Waals surface area contributed by atoms with Crippen LogP contribution >= 0.6 is 11.6 Å². The minimum absolute atomic E-state index is 0.0111. The van der Waals surface area contributed by atoms with E-state index in [1.54, 1.807) is 12.0 Å². The van der Waals surface area contributed by atoms with Gasteiger partial charge in [0, 0.05) is 36.1 Å². The van der Waals surface area contributed by atoms with Crippen molar-refractivity contribution >= 4 is 46.3 Å². The van der Waals surface area contributed by atoms with E-state index < -0.39 is 5.82 Å². The first kappa shape index (κ1) is 24.3. The van der Waals surface area contributed by atoms with Crippen molar-refractivity contribution in [2.45, 2.75) is 24.7 Å². The molecule has 0 atom stereocenters. The molecule has 0 saturated heterocycles. The SMILES string of the molecule is COCCOc1ccc(Nc2ncc(F)c(Nc3ccc4c(c3)N(C(=O)CCl)CC43CCC3)n2)cc1. The molecule has 188 valence electrons. The van der Waals surface area contributed by atoms with E-state index in [0.717, 1.165) is 42.4 Å². The van der Waals surface area contributed by atoms with Crippen LogP contribution in [0.5, 0.6) is 5.75 Å². The molecule has 1 fully saturated rings. The molecular formula is C26H27ClFN5O3. The summed E-state index contributed by atoms with van der Waals surface area (Å²) in [5.41, 5.74) is 3.34. The molecule has 10 heteroatoms. The Morgan fingerprint density at radius 2 is 1.92 bits per heavy atom. The largest absolute Gasteiger partial charge is 0.491 e. The maximum Gasteiger partial charge on any atom is 0.241 e.